The van der Waals surface area contributed by atoms with Gasteiger partial charge >= 0.3 is 5.97 Å². The fraction of sp³-hybridized carbons (Fsp3) is 0.500. The highest BCUT2D eigenvalue weighted by molar-refractivity contribution is 9.10. The van der Waals surface area contributed by atoms with Crippen LogP contribution in [-0.4, -0.2) is 44.8 Å². The van der Waals surface area contributed by atoms with Crippen LogP contribution in [0.25, 0.3) is 0 Å². The monoisotopic (exact) mass is 329 g/mol. The summed E-state index contributed by atoms with van der Waals surface area (Å²) in [7, 11) is 3.09. The maximum Gasteiger partial charge on any atom is 0.337 e. The summed E-state index contributed by atoms with van der Waals surface area (Å²) in [6.45, 7) is 5.49. The lowest BCUT2D eigenvalue weighted by Crippen LogP contribution is -2.26. The molecule has 5 heteroatoms. The van der Waals surface area contributed by atoms with Crippen LogP contribution in [0.1, 0.15) is 22.8 Å². The molecule has 0 aromatic heterocycles. The first kappa shape index (κ1) is 16.1. The zero-order valence-corrected chi connectivity index (χ0v) is 13.2. The molecular formula is C14H20BrNO3. The van der Waals surface area contributed by atoms with Gasteiger partial charge in [-0.25, -0.2) is 4.79 Å². The van der Waals surface area contributed by atoms with Gasteiger partial charge < -0.3 is 9.47 Å². The number of rotatable bonds is 7. The number of methoxy groups -OCH3 is 2. The lowest BCUT2D eigenvalue weighted by molar-refractivity contribution is 0.0600. The van der Waals surface area contributed by atoms with E-state index < -0.39 is 0 Å². The van der Waals surface area contributed by atoms with Gasteiger partial charge in [0.15, 0.2) is 0 Å². The van der Waals surface area contributed by atoms with Gasteiger partial charge in [-0.2, -0.15) is 0 Å². The van der Waals surface area contributed by atoms with Crippen LogP contribution >= 0.6 is 15.9 Å². The van der Waals surface area contributed by atoms with E-state index in [1.54, 1.807) is 19.2 Å². The maximum atomic E-state index is 11.4. The smallest absolute Gasteiger partial charge is 0.337 e. The van der Waals surface area contributed by atoms with E-state index in [0.29, 0.717) is 12.2 Å². The predicted octanol–water partition coefficient (Wildman–Crippen LogP) is 2.70. The van der Waals surface area contributed by atoms with E-state index in [2.05, 4.69) is 27.8 Å². The Bertz CT molecular complexity index is 423. The van der Waals surface area contributed by atoms with Gasteiger partial charge in [0.1, 0.15) is 0 Å². The van der Waals surface area contributed by atoms with E-state index >= 15 is 0 Å². The molecule has 19 heavy (non-hydrogen) atoms. The van der Waals surface area contributed by atoms with E-state index in [4.69, 9.17) is 9.47 Å². The number of benzene rings is 1. The molecule has 0 aliphatic heterocycles. The van der Waals surface area contributed by atoms with Gasteiger partial charge in [-0.1, -0.05) is 28.9 Å². The third kappa shape index (κ3) is 4.93. The van der Waals surface area contributed by atoms with Gasteiger partial charge in [0, 0.05) is 24.7 Å². The summed E-state index contributed by atoms with van der Waals surface area (Å²) >= 11 is 3.50. The third-order valence-electron chi connectivity index (χ3n) is 2.93. The topological polar surface area (TPSA) is 38.8 Å². The van der Waals surface area contributed by atoms with Crippen molar-refractivity contribution in [3.63, 3.8) is 0 Å². The molecule has 0 N–H and O–H groups in total. The summed E-state index contributed by atoms with van der Waals surface area (Å²) in [5, 5.41) is 0. The molecule has 0 spiro atoms. The second-order valence-electron chi connectivity index (χ2n) is 4.16. The molecule has 0 atom stereocenters. The van der Waals surface area contributed by atoms with E-state index in [1.807, 2.05) is 6.07 Å². The van der Waals surface area contributed by atoms with Crippen molar-refractivity contribution in [2.75, 3.05) is 33.9 Å². The zero-order chi connectivity index (χ0) is 14.3. The highest BCUT2D eigenvalue weighted by atomic mass is 79.9. The largest absolute Gasteiger partial charge is 0.465 e. The Hall–Kier alpha value is -0.910. The van der Waals surface area contributed by atoms with Gasteiger partial charge in [-0.3, -0.25) is 4.90 Å². The molecule has 106 valence electrons. The van der Waals surface area contributed by atoms with Gasteiger partial charge in [-0.05, 0) is 24.2 Å². The Morgan fingerprint density at radius 3 is 2.63 bits per heavy atom. The Morgan fingerprint density at radius 1 is 1.37 bits per heavy atom. The van der Waals surface area contributed by atoms with Crippen molar-refractivity contribution in [1.29, 1.82) is 0 Å². The molecule has 0 aliphatic carbocycles. The first-order chi connectivity index (χ1) is 9.12. The molecule has 4 nitrogen and oxygen atoms in total. The molecule has 1 aromatic carbocycles. The molecule has 0 unspecified atom stereocenters. The van der Waals surface area contributed by atoms with Crippen molar-refractivity contribution >= 4 is 21.9 Å². The van der Waals surface area contributed by atoms with Crippen LogP contribution in [0.15, 0.2) is 22.7 Å². The summed E-state index contributed by atoms with van der Waals surface area (Å²) in [5.41, 5.74) is 1.70. The van der Waals surface area contributed by atoms with Crippen LogP contribution in [0, 0.1) is 0 Å². The second kappa shape index (κ2) is 8.30. The highest BCUT2D eigenvalue weighted by Crippen LogP contribution is 2.20. The lowest BCUT2D eigenvalue weighted by atomic mass is 10.1. The fourth-order valence-corrected chi connectivity index (χ4v) is 2.23. The molecule has 0 fully saturated rings. The molecule has 1 rings (SSSR count). The summed E-state index contributed by atoms with van der Waals surface area (Å²) in [4.78, 5) is 13.7. The minimum atomic E-state index is -0.320. The number of esters is 1. The first-order valence-electron chi connectivity index (χ1n) is 6.20. The van der Waals surface area contributed by atoms with Crippen molar-refractivity contribution in [1.82, 2.24) is 4.90 Å². The molecule has 0 amide bonds. The average molecular weight is 330 g/mol. The SMILES string of the molecule is CCN(CCOC)Cc1ccc(C(=O)OC)cc1Br. The standard InChI is InChI=1S/C14H20BrNO3/c1-4-16(7-8-18-2)10-12-6-5-11(9-13(12)15)14(17)19-3/h5-6,9H,4,7-8,10H2,1-3H3. The fourth-order valence-electron chi connectivity index (χ4n) is 1.73. The molecule has 0 aliphatic rings. The average Bonchev–Trinajstić information content (AvgIpc) is 2.44. The zero-order valence-electron chi connectivity index (χ0n) is 11.6. The molecule has 0 radical (unpaired) electrons. The number of hydrogen-bond acceptors (Lipinski definition) is 4. The lowest BCUT2D eigenvalue weighted by Gasteiger charge is -2.20. The van der Waals surface area contributed by atoms with Crippen LogP contribution in [0.4, 0.5) is 0 Å². The van der Waals surface area contributed by atoms with Gasteiger partial charge in [0.05, 0.1) is 19.3 Å². The Kier molecular flexibility index (Phi) is 7.05. The van der Waals surface area contributed by atoms with Crippen molar-refractivity contribution in [2.45, 2.75) is 13.5 Å². The van der Waals surface area contributed by atoms with Crippen LogP contribution in [0.2, 0.25) is 0 Å². The third-order valence-corrected chi connectivity index (χ3v) is 3.67. The molecule has 0 saturated heterocycles. The second-order valence-corrected chi connectivity index (χ2v) is 5.01. The molecule has 0 bridgehead atoms. The van der Waals surface area contributed by atoms with Crippen molar-refractivity contribution in [3.8, 4) is 0 Å². The van der Waals surface area contributed by atoms with Crippen LogP contribution in [-0.2, 0) is 16.0 Å². The highest BCUT2D eigenvalue weighted by Gasteiger charge is 2.10. The number of likely N-dealkylation sites (N-methyl/N-ethyl adjacent to an activating group) is 1. The summed E-state index contributed by atoms with van der Waals surface area (Å²) < 4.78 is 10.7. The molecule has 0 heterocycles. The van der Waals surface area contributed by atoms with E-state index in [1.165, 1.54) is 7.11 Å². The Labute approximate surface area is 122 Å². The van der Waals surface area contributed by atoms with Crippen molar-refractivity contribution < 1.29 is 14.3 Å². The predicted molar refractivity (Wildman–Crippen MR) is 78.3 cm³/mol. The van der Waals surface area contributed by atoms with Gasteiger partial charge in [0.2, 0.25) is 0 Å². The minimum Gasteiger partial charge on any atom is -0.465 e. The summed E-state index contributed by atoms with van der Waals surface area (Å²) in [6.07, 6.45) is 0. The number of carbonyl (C=O) groups is 1. The number of ether oxygens (including phenoxy) is 2. The van der Waals surface area contributed by atoms with Crippen LogP contribution in [0.3, 0.4) is 0 Å². The van der Waals surface area contributed by atoms with Gasteiger partial charge in [0.25, 0.3) is 0 Å². The summed E-state index contributed by atoms with van der Waals surface area (Å²) in [5.74, 6) is -0.320. The molecule has 1 aromatic rings. The minimum absolute atomic E-state index is 0.320. The Morgan fingerprint density at radius 2 is 2.11 bits per heavy atom. The van der Waals surface area contributed by atoms with Crippen molar-refractivity contribution in [2.24, 2.45) is 0 Å². The summed E-state index contributed by atoms with van der Waals surface area (Å²) in [6, 6.07) is 5.53. The number of nitrogens with zero attached hydrogens (tertiary/aromatic N) is 1. The first-order valence-corrected chi connectivity index (χ1v) is 6.99. The van der Waals surface area contributed by atoms with E-state index in [9.17, 15) is 4.79 Å². The van der Waals surface area contributed by atoms with E-state index in [0.717, 1.165) is 29.7 Å². The maximum absolute atomic E-state index is 11.4. The van der Waals surface area contributed by atoms with Crippen molar-refractivity contribution in [3.05, 3.63) is 33.8 Å². The molecular weight excluding hydrogens is 310 g/mol. The van der Waals surface area contributed by atoms with Gasteiger partial charge in [-0.15, -0.1) is 0 Å². The molecule has 0 saturated carbocycles. The normalized spacial score (nSPS) is 10.8. The quantitative estimate of drug-likeness (QED) is 0.721. The number of hydrogen-bond donors (Lipinski definition) is 0. The van der Waals surface area contributed by atoms with Crippen LogP contribution in [0.5, 0.6) is 0 Å². The number of halogens is 1. The number of carbonyl (C=O) groups excluding carboxylic acids is 1. The van der Waals surface area contributed by atoms with E-state index in [-0.39, 0.29) is 5.97 Å². The van der Waals surface area contributed by atoms with Crippen LogP contribution < -0.4 is 0 Å². The Balaban J connectivity index is 2.75.